The molecule has 0 saturated carbocycles. The number of amides is 1. The number of hydrogen-bond acceptors (Lipinski definition) is 5. The number of benzene rings is 4. The van der Waals surface area contributed by atoms with Crippen molar-refractivity contribution in [2.75, 3.05) is 36.4 Å². The first-order chi connectivity index (χ1) is 22.4. The van der Waals surface area contributed by atoms with E-state index in [0.29, 0.717) is 53.3 Å². The summed E-state index contributed by atoms with van der Waals surface area (Å²) in [6, 6.07) is 25.1. The molecule has 0 aliphatic carbocycles. The molecule has 47 heavy (non-hydrogen) atoms. The first-order valence-electron chi connectivity index (χ1n) is 14.8. The Morgan fingerprint density at radius 3 is 2.26 bits per heavy atom. The predicted molar refractivity (Wildman–Crippen MR) is 176 cm³/mol. The monoisotopic (exact) mass is 682 g/mol. The average molecular weight is 684 g/mol. The van der Waals surface area contributed by atoms with Crippen molar-refractivity contribution in [1.82, 2.24) is 0 Å². The maximum absolute atomic E-state index is 13.7. The minimum absolute atomic E-state index is 0.0404. The normalized spacial score (nSPS) is 14.7. The van der Waals surface area contributed by atoms with Gasteiger partial charge in [0.05, 0.1) is 41.3 Å². The maximum atomic E-state index is 13.7. The van der Waals surface area contributed by atoms with Crippen LogP contribution in [-0.4, -0.2) is 41.9 Å². The van der Waals surface area contributed by atoms with E-state index >= 15 is 0 Å². The number of nitrogens with one attached hydrogen (secondary N) is 1. The molecule has 2 N–H and O–H groups in total. The lowest BCUT2D eigenvalue weighted by Gasteiger charge is -2.39. The fourth-order valence-electron chi connectivity index (χ4n) is 5.95. The van der Waals surface area contributed by atoms with Crippen LogP contribution in [0.1, 0.15) is 16.7 Å². The summed E-state index contributed by atoms with van der Waals surface area (Å²) in [7, 11) is 0. The van der Waals surface area contributed by atoms with Gasteiger partial charge in [-0.1, -0.05) is 71.7 Å². The van der Waals surface area contributed by atoms with E-state index in [1.165, 1.54) is 12.1 Å². The van der Waals surface area contributed by atoms with E-state index in [4.69, 9.17) is 27.6 Å². The van der Waals surface area contributed by atoms with Crippen LogP contribution in [0.5, 0.6) is 0 Å². The van der Waals surface area contributed by atoms with Gasteiger partial charge in [-0.3, -0.25) is 4.79 Å². The largest absolute Gasteiger partial charge is 0.422 e. The van der Waals surface area contributed by atoms with Crippen molar-refractivity contribution in [1.29, 1.82) is 0 Å². The molecule has 6 rings (SSSR count). The second kappa shape index (κ2) is 13.0. The molecule has 0 bridgehead atoms. The van der Waals surface area contributed by atoms with Crippen molar-refractivity contribution in [3.05, 3.63) is 128 Å². The van der Waals surface area contributed by atoms with Crippen molar-refractivity contribution in [2.45, 2.75) is 19.1 Å². The van der Waals surface area contributed by atoms with Crippen LogP contribution in [0.4, 0.5) is 24.5 Å². The number of halogens is 5. The molecule has 1 aliphatic heterocycles. The summed E-state index contributed by atoms with van der Waals surface area (Å²) in [5.41, 5.74) is 0.353. The minimum atomic E-state index is -4.78. The lowest BCUT2D eigenvalue weighted by molar-refractivity contribution is -1.11. The number of quaternary nitrogens is 1. The van der Waals surface area contributed by atoms with Gasteiger partial charge in [-0.15, -0.1) is 0 Å². The Morgan fingerprint density at radius 1 is 0.936 bits per heavy atom. The van der Waals surface area contributed by atoms with Crippen molar-refractivity contribution < 1.29 is 32.2 Å². The van der Waals surface area contributed by atoms with Crippen molar-refractivity contribution >= 4 is 51.5 Å². The van der Waals surface area contributed by atoms with Crippen LogP contribution in [0, 0.1) is 0 Å². The Kier molecular flexibility index (Phi) is 9.04. The third kappa shape index (κ3) is 7.16. The SMILES string of the molecule is O=C(Cc1c(-c2ccccc2)c2cc(C[N+]3(O)CCN(c4ccccc4)CC3)c(Cl)cc2oc1=O)Nc1ccc(Cl)cc1C(F)(F)F. The van der Waals surface area contributed by atoms with Gasteiger partial charge in [0.15, 0.2) is 0 Å². The summed E-state index contributed by atoms with van der Waals surface area (Å²) in [6.07, 6.45) is -5.35. The highest BCUT2D eigenvalue weighted by molar-refractivity contribution is 6.32. The van der Waals surface area contributed by atoms with E-state index in [1.54, 1.807) is 36.4 Å². The molecule has 0 unspecified atom stereocenters. The highest BCUT2D eigenvalue weighted by atomic mass is 35.5. The van der Waals surface area contributed by atoms with Gasteiger partial charge >= 0.3 is 11.8 Å². The fraction of sp³-hybridized carbons (Fsp3) is 0.200. The molecule has 1 fully saturated rings. The summed E-state index contributed by atoms with van der Waals surface area (Å²) in [4.78, 5) is 28.8. The molecule has 12 heteroatoms. The second-order valence-corrected chi connectivity index (χ2v) is 12.3. The first kappa shape index (κ1) is 32.6. The maximum Gasteiger partial charge on any atom is 0.418 e. The molecular weight excluding hydrogens is 654 g/mol. The first-order valence-corrected chi connectivity index (χ1v) is 15.5. The highest BCUT2D eigenvalue weighted by Gasteiger charge is 2.35. The third-order valence-electron chi connectivity index (χ3n) is 8.29. The Hall–Kier alpha value is -4.35. The molecule has 1 amide bonds. The summed E-state index contributed by atoms with van der Waals surface area (Å²) < 4.78 is 46.4. The summed E-state index contributed by atoms with van der Waals surface area (Å²) >= 11 is 12.5. The molecule has 1 aromatic heterocycles. The van der Waals surface area contributed by atoms with Crippen LogP contribution in [0.25, 0.3) is 22.1 Å². The standard InChI is InChI=1S/C35H28Cl2F3N3O4/c36-24-11-12-30(28(18-24)35(38,39)40)41-32(44)19-27-33(22-7-3-1-4-8-22)26-17-23(29(37)20-31(26)47-34(27)45)21-43(46)15-13-42(14-16-43)25-9-5-2-6-10-25/h1-12,17-18,20,46H,13-16,19,21H2/p+1. The van der Waals surface area contributed by atoms with Gasteiger partial charge in [0, 0.05) is 33.3 Å². The van der Waals surface area contributed by atoms with Crippen LogP contribution >= 0.6 is 23.2 Å². The highest BCUT2D eigenvalue weighted by Crippen LogP contribution is 2.38. The molecule has 1 saturated heterocycles. The third-order valence-corrected chi connectivity index (χ3v) is 8.87. The smallest absolute Gasteiger partial charge is 0.418 e. The zero-order valence-corrected chi connectivity index (χ0v) is 26.4. The van der Waals surface area contributed by atoms with Gasteiger partial charge < -0.3 is 14.6 Å². The van der Waals surface area contributed by atoms with E-state index < -0.39 is 35.4 Å². The van der Waals surface area contributed by atoms with Gasteiger partial charge in [-0.2, -0.15) is 17.8 Å². The Morgan fingerprint density at radius 2 is 1.60 bits per heavy atom. The van der Waals surface area contributed by atoms with Gasteiger partial charge in [0.25, 0.3) is 0 Å². The van der Waals surface area contributed by atoms with Crippen molar-refractivity contribution in [3.8, 4) is 11.1 Å². The molecule has 0 radical (unpaired) electrons. The fourth-order valence-corrected chi connectivity index (χ4v) is 6.33. The number of anilines is 2. The van der Waals surface area contributed by atoms with E-state index in [9.17, 15) is 28.0 Å². The summed E-state index contributed by atoms with van der Waals surface area (Å²) in [5.74, 6) is -0.855. The number of piperazine rings is 1. The number of carbonyl (C=O) groups is 1. The predicted octanol–water partition coefficient (Wildman–Crippen LogP) is 8.19. The van der Waals surface area contributed by atoms with Crippen LogP contribution in [0.2, 0.25) is 10.0 Å². The molecule has 4 aromatic carbocycles. The number of fused-ring (bicyclic) bond motifs is 1. The number of para-hydroxylation sites is 1. The van der Waals surface area contributed by atoms with E-state index in [-0.39, 0.29) is 27.4 Å². The van der Waals surface area contributed by atoms with Gasteiger partial charge in [-0.25, -0.2) is 10.0 Å². The molecule has 2 heterocycles. The van der Waals surface area contributed by atoms with Crippen LogP contribution < -0.4 is 15.8 Å². The molecule has 0 atom stereocenters. The van der Waals surface area contributed by atoms with Gasteiger partial charge in [0.1, 0.15) is 25.2 Å². The Labute approximate surface area is 277 Å². The number of hydroxylamine groups is 3. The average Bonchev–Trinajstić information content (AvgIpc) is 3.04. The lowest BCUT2D eigenvalue weighted by atomic mass is 9.94. The molecule has 5 aromatic rings. The molecular formula is C35H29Cl2F3N3O4+. The number of rotatable bonds is 7. The molecule has 1 aliphatic rings. The topological polar surface area (TPSA) is 82.8 Å². The lowest BCUT2D eigenvalue weighted by Crippen LogP contribution is -2.57. The molecule has 0 spiro atoms. The van der Waals surface area contributed by atoms with E-state index in [2.05, 4.69) is 10.2 Å². The van der Waals surface area contributed by atoms with Crippen LogP contribution in [-0.2, 0) is 23.9 Å². The van der Waals surface area contributed by atoms with Crippen molar-refractivity contribution in [2.24, 2.45) is 0 Å². The number of hydrogen-bond donors (Lipinski definition) is 2. The summed E-state index contributed by atoms with van der Waals surface area (Å²) in [5, 5.41) is 14.5. The Balaban J connectivity index is 1.35. The van der Waals surface area contributed by atoms with Crippen molar-refractivity contribution in [3.63, 3.8) is 0 Å². The quantitative estimate of drug-likeness (QED) is 0.134. The zero-order valence-electron chi connectivity index (χ0n) is 24.9. The van der Waals surface area contributed by atoms with E-state index in [0.717, 1.165) is 17.8 Å². The minimum Gasteiger partial charge on any atom is -0.422 e. The summed E-state index contributed by atoms with van der Waals surface area (Å²) in [6.45, 7) is 2.30. The molecule has 242 valence electrons. The molecule has 7 nitrogen and oxygen atoms in total. The second-order valence-electron chi connectivity index (χ2n) is 11.5. The van der Waals surface area contributed by atoms with Crippen LogP contribution in [0.3, 0.4) is 0 Å². The van der Waals surface area contributed by atoms with Gasteiger partial charge in [0.2, 0.25) is 5.91 Å². The van der Waals surface area contributed by atoms with E-state index in [1.807, 2.05) is 30.3 Å². The number of nitrogens with zero attached hydrogens (tertiary/aromatic N) is 2. The number of alkyl halides is 3. The van der Waals surface area contributed by atoms with Gasteiger partial charge in [-0.05, 0) is 42.0 Å². The van der Waals surface area contributed by atoms with Crippen LogP contribution in [0.15, 0.2) is 100 Å². The number of carbonyl (C=O) groups excluding carboxylic acids is 1. The zero-order chi connectivity index (χ0) is 33.3. The Bertz CT molecular complexity index is 2000.